The van der Waals surface area contributed by atoms with Crippen molar-refractivity contribution in [3.05, 3.63) is 59.4 Å². The molecule has 4 rings (SSSR count). The maximum atomic E-state index is 14.9. The van der Waals surface area contributed by atoms with Gasteiger partial charge in [-0.1, -0.05) is 39.0 Å². The standard InChI is InChI=1S/C26H34FN3O2.ClH/c1-26(2,3)19-8-10-20(11-9-19)30-16-17-32-24(25(30)31)18-21-22(27)6-5-7-23(21)29-14-12-28(4)13-15-29;/h5-11,24H,12-18H2,1-4H3;1H. The van der Waals surface area contributed by atoms with Crippen molar-refractivity contribution >= 4 is 29.7 Å². The van der Waals surface area contributed by atoms with E-state index in [0.29, 0.717) is 18.7 Å². The molecule has 0 saturated carbocycles. The van der Waals surface area contributed by atoms with E-state index in [0.717, 1.165) is 37.6 Å². The number of morpholine rings is 1. The summed E-state index contributed by atoms with van der Waals surface area (Å²) in [4.78, 5) is 19.6. The molecule has 2 fully saturated rings. The number of likely N-dealkylation sites (N-methyl/N-ethyl adjacent to an activating group) is 1. The van der Waals surface area contributed by atoms with E-state index in [1.54, 1.807) is 11.0 Å². The van der Waals surface area contributed by atoms with Crippen molar-refractivity contribution < 1.29 is 13.9 Å². The summed E-state index contributed by atoms with van der Waals surface area (Å²) in [6, 6.07) is 13.3. The Bertz CT molecular complexity index is 953. The third kappa shape index (κ3) is 5.68. The number of ether oxygens (including phenoxy) is 1. The van der Waals surface area contributed by atoms with Crippen LogP contribution in [-0.2, 0) is 21.4 Å². The highest BCUT2D eigenvalue weighted by Crippen LogP contribution is 2.30. The van der Waals surface area contributed by atoms with Crippen LogP contribution in [0.15, 0.2) is 42.5 Å². The van der Waals surface area contributed by atoms with Gasteiger partial charge < -0.3 is 19.4 Å². The molecular formula is C26H35ClFN3O2. The zero-order valence-electron chi connectivity index (χ0n) is 20.0. The second-order valence-electron chi connectivity index (χ2n) is 9.88. The van der Waals surface area contributed by atoms with E-state index in [9.17, 15) is 9.18 Å². The fourth-order valence-corrected chi connectivity index (χ4v) is 4.46. The van der Waals surface area contributed by atoms with Crippen LogP contribution < -0.4 is 9.80 Å². The molecule has 0 spiro atoms. The second kappa shape index (κ2) is 10.4. The number of rotatable bonds is 4. The van der Waals surface area contributed by atoms with Crippen molar-refractivity contribution in [1.82, 2.24) is 4.90 Å². The van der Waals surface area contributed by atoms with E-state index >= 15 is 0 Å². The van der Waals surface area contributed by atoms with E-state index in [-0.39, 0.29) is 36.0 Å². The van der Waals surface area contributed by atoms with Gasteiger partial charge in [-0.05, 0) is 42.3 Å². The predicted octanol–water partition coefficient (Wildman–Crippen LogP) is 4.27. The Kier molecular flexibility index (Phi) is 8.04. The summed E-state index contributed by atoms with van der Waals surface area (Å²) in [7, 11) is 2.10. The lowest BCUT2D eigenvalue weighted by Crippen LogP contribution is -2.49. The lowest BCUT2D eigenvalue weighted by atomic mass is 9.87. The molecule has 0 aliphatic carbocycles. The SMILES string of the molecule is CN1CCN(c2cccc(F)c2CC2OCCN(c3ccc(C(C)(C)C)cc3)C2=O)CC1.Cl. The summed E-state index contributed by atoms with van der Waals surface area (Å²) < 4.78 is 20.8. The highest BCUT2D eigenvalue weighted by Gasteiger charge is 2.33. The van der Waals surface area contributed by atoms with E-state index in [1.807, 2.05) is 18.2 Å². The van der Waals surface area contributed by atoms with Gasteiger partial charge in [-0.15, -0.1) is 12.4 Å². The van der Waals surface area contributed by atoms with Crippen molar-refractivity contribution in [3.8, 4) is 0 Å². The van der Waals surface area contributed by atoms with E-state index < -0.39 is 6.10 Å². The summed E-state index contributed by atoms with van der Waals surface area (Å²) in [5.41, 5.74) is 3.59. The molecule has 2 aromatic carbocycles. The van der Waals surface area contributed by atoms with Crippen LogP contribution in [0.5, 0.6) is 0 Å². The number of piperazine rings is 1. The molecule has 2 heterocycles. The molecule has 0 bridgehead atoms. The van der Waals surface area contributed by atoms with Crippen molar-refractivity contribution in [2.45, 2.75) is 38.7 Å². The zero-order valence-corrected chi connectivity index (χ0v) is 20.8. The van der Waals surface area contributed by atoms with Crippen LogP contribution in [-0.4, -0.2) is 63.3 Å². The first-order valence-electron chi connectivity index (χ1n) is 11.5. The number of hydrogen-bond acceptors (Lipinski definition) is 4. The molecule has 2 saturated heterocycles. The van der Waals surface area contributed by atoms with Crippen molar-refractivity contribution in [2.24, 2.45) is 0 Å². The van der Waals surface area contributed by atoms with Crippen LogP contribution in [0.3, 0.4) is 0 Å². The first kappa shape index (κ1) is 25.5. The van der Waals surface area contributed by atoms with Gasteiger partial charge >= 0.3 is 0 Å². The van der Waals surface area contributed by atoms with E-state index in [1.165, 1.54) is 11.6 Å². The van der Waals surface area contributed by atoms with Gasteiger partial charge in [-0.25, -0.2) is 4.39 Å². The fraction of sp³-hybridized carbons (Fsp3) is 0.500. The lowest BCUT2D eigenvalue weighted by Gasteiger charge is -2.36. The van der Waals surface area contributed by atoms with Gasteiger partial charge in [0.15, 0.2) is 0 Å². The quantitative estimate of drug-likeness (QED) is 0.661. The van der Waals surface area contributed by atoms with E-state index in [4.69, 9.17) is 4.74 Å². The van der Waals surface area contributed by atoms with Crippen molar-refractivity contribution in [3.63, 3.8) is 0 Å². The smallest absolute Gasteiger partial charge is 0.256 e. The van der Waals surface area contributed by atoms with E-state index in [2.05, 4.69) is 49.8 Å². The summed E-state index contributed by atoms with van der Waals surface area (Å²) in [5.74, 6) is -0.378. The Morgan fingerprint density at radius 2 is 1.67 bits per heavy atom. The van der Waals surface area contributed by atoms with Gasteiger partial charge in [-0.2, -0.15) is 0 Å². The largest absolute Gasteiger partial charge is 0.369 e. The average Bonchev–Trinajstić information content (AvgIpc) is 2.76. The highest BCUT2D eigenvalue weighted by atomic mass is 35.5. The van der Waals surface area contributed by atoms with Crippen molar-refractivity contribution in [1.29, 1.82) is 0 Å². The van der Waals surface area contributed by atoms with Gasteiger partial charge in [0.05, 0.1) is 6.61 Å². The Balaban J connectivity index is 0.00000306. The summed E-state index contributed by atoms with van der Waals surface area (Å²) >= 11 is 0. The molecule has 2 aromatic rings. The third-order valence-electron chi connectivity index (χ3n) is 6.55. The molecular weight excluding hydrogens is 441 g/mol. The molecule has 1 atom stereocenters. The Hall–Kier alpha value is -2.15. The molecule has 1 unspecified atom stereocenters. The summed E-state index contributed by atoms with van der Waals surface area (Å²) in [5, 5.41) is 0. The van der Waals surface area contributed by atoms with Gasteiger partial charge in [0.25, 0.3) is 5.91 Å². The topological polar surface area (TPSA) is 36.0 Å². The minimum absolute atomic E-state index is 0. The second-order valence-corrected chi connectivity index (χ2v) is 9.88. The molecule has 0 radical (unpaired) electrons. The number of anilines is 2. The minimum atomic E-state index is -0.686. The predicted molar refractivity (Wildman–Crippen MR) is 134 cm³/mol. The number of halogens is 2. The Morgan fingerprint density at radius 3 is 2.30 bits per heavy atom. The Morgan fingerprint density at radius 1 is 1.00 bits per heavy atom. The number of nitrogens with zero attached hydrogens (tertiary/aromatic N) is 3. The van der Waals surface area contributed by atoms with Gasteiger partial charge in [-0.3, -0.25) is 4.79 Å². The monoisotopic (exact) mass is 475 g/mol. The zero-order chi connectivity index (χ0) is 22.9. The number of benzene rings is 2. The van der Waals surface area contributed by atoms with Crippen LogP contribution in [0.25, 0.3) is 0 Å². The molecule has 2 aliphatic heterocycles. The van der Waals surface area contributed by atoms with Gasteiger partial charge in [0, 0.05) is 56.1 Å². The molecule has 2 aliphatic rings. The van der Waals surface area contributed by atoms with Crippen LogP contribution in [0.1, 0.15) is 31.9 Å². The maximum Gasteiger partial charge on any atom is 0.256 e. The van der Waals surface area contributed by atoms with Crippen LogP contribution in [0, 0.1) is 5.82 Å². The average molecular weight is 476 g/mol. The van der Waals surface area contributed by atoms with Gasteiger partial charge in [0.1, 0.15) is 11.9 Å². The number of carbonyl (C=O) groups is 1. The molecule has 180 valence electrons. The van der Waals surface area contributed by atoms with Gasteiger partial charge in [0.2, 0.25) is 0 Å². The molecule has 0 aromatic heterocycles. The summed E-state index contributed by atoms with van der Waals surface area (Å²) in [6.07, 6.45) is -0.446. The summed E-state index contributed by atoms with van der Waals surface area (Å²) in [6.45, 7) is 11.0. The number of carbonyl (C=O) groups excluding carboxylic acids is 1. The highest BCUT2D eigenvalue weighted by molar-refractivity contribution is 5.97. The number of hydrogen-bond donors (Lipinski definition) is 0. The lowest BCUT2D eigenvalue weighted by molar-refractivity contribution is -0.133. The van der Waals surface area contributed by atoms with Crippen LogP contribution >= 0.6 is 12.4 Å². The molecule has 5 nitrogen and oxygen atoms in total. The number of amides is 1. The van der Waals surface area contributed by atoms with Crippen LogP contribution in [0.4, 0.5) is 15.8 Å². The third-order valence-corrected chi connectivity index (χ3v) is 6.55. The van der Waals surface area contributed by atoms with Crippen LogP contribution in [0.2, 0.25) is 0 Å². The first-order valence-corrected chi connectivity index (χ1v) is 11.5. The normalized spacial score (nSPS) is 20.0. The fourth-order valence-electron chi connectivity index (χ4n) is 4.46. The first-order chi connectivity index (χ1) is 15.2. The Labute approximate surface area is 202 Å². The van der Waals surface area contributed by atoms with Crippen molar-refractivity contribution in [2.75, 3.05) is 56.2 Å². The minimum Gasteiger partial charge on any atom is -0.369 e. The molecule has 7 heteroatoms. The molecule has 1 amide bonds. The maximum absolute atomic E-state index is 14.9. The molecule has 0 N–H and O–H groups in total. The molecule has 33 heavy (non-hydrogen) atoms.